The van der Waals surface area contributed by atoms with Gasteiger partial charge < -0.3 is 5.11 Å². The van der Waals surface area contributed by atoms with Gasteiger partial charge in [-0.25, -0.2) is 8.42 Å². The standard InChI is InChI=1S/C15H21NO4S/c1-10(16-9-8-14(11(16)2)15(17)18)12-4-6-13(7-5-12)21(3,19)20/h4-7,10-11,14H,8-9H2,1-3H3,(H,17,18). The van der Waals surface area contributed by atoms with Gasteiger partial charge >= 0.3 is 5.97 Å². The van der Waals surface area contributed by atoms with Crippen LogP contribution in [0.2, 0.25) is 0 Å². The van der Waals surface area contributed by atoms with Gasteiger partial charge in [0.25, 0.3) is 0 Å². The fourth-order valence-electron chi connectivity index (χ4n) is 3.03. The third kappa shape index (κ3) is 3.27. The van der Waals surface area contributed by atoms with E-state index in [0.29, 0.717) is 11.3 Å². The second-order valence-corrected chi connectivity index (χ2v) is 7.74. The maximum absolute atomic E-state index is 11.5. The SMILES string of the molecule is CC(c1ccc(S(C)(=O)=O)cc1)N1CCC(C(=O)O)C1C. The van der Waals surface area contributed by atoms with Crippen LogP contribution in [0.1, 0.15) is 31.9 Å². The van der Waals surface area contributed by atoms with Crippen molar-refractivity contribution in [3.63, 3.8) is 0 Å². The number of sulfone groups is 1. The minimum atomic E-state index is -3.19. The van der Waals surface area contributed by atoms with Gasteiger partial charge in [-0.1, -0.05) is 12.1 Å². The van der Waals surface area contributed by atoms with Gasteiger partial charge in [0.05, 0.1) is 10.8 Å². The minimum Gasteiger partial charge on any atom is -0.481 e. The second kappa shape index (κ2) is 5.77. The molecular formula is C15H21NO4S. The van der Waals surface area contributed by atoms with Gasteiger partial charge in [0, 0.05) is 18.3 Å². The predicted molar refractivity (Wildman–Crippen MR) is 79.9 cm³/mol. The van der Waals surface area contributed by atoms with Crippen LogP contribution >= 0.6 is 0 Å². The predicted octanol–water partition coefficient (Wildman–Crippen LogP) is 1.95. The number of carboxylic acids is 1. The average Bonchev–Trinajstić information content (AvgIpc) is 2.79. The lowest BCUT2D eigenvalue weighted by molar-refractivity contribution is -0.142. The van der Waals surface area contributed by atoms with Gasteiger partial charge in [-0.05, 0) is 44.5 Å². The summed E-state index contributed by atoms with van der Waals surface area (Å²) in [5.41, 5.74) is 1.00. The van der Waals surface area contributed by atoms with Crippen molar-refractivity contribution in [1.29, 1.82) is 0 Å². The molecule has 0 radical (unpaired) electrons. The molecule has 0 bridgehead atoms. The van der Waals surface area contributed by atoms with Crippen molar-refractivity contribution in [2.24, 2.45) is 5.92 Å². The summed E-state index contributed by atoms with van der Waals surface area (Å²) in [5.74, 6) is -1.08. The summed E-state index contributed by atoms with van der Waals surface area (Å²) >= 11 is 0. The van der Waals surface area contributed by atoms with Gasteiger partial charge in [0.1, 0.15) is 0 Å². The third-order valence-corrected chi connectivity index (χ3v) is 5.54. The molecule has 21 heavy (non-hydrogen) atoms. The van der Waals surface area contributed by atoms with Gasteiger partial charge in [-0.2, -0.15) is 0 Å². The van der Waals surface area contributed by atoms with Crippen LogP contribution in [0.5, 0.6) is 0 Å². The van der Waals surface area contributed by atoms with Crippen molar-refractivity contribution in [3.05, 3.63) is 29.8 Å². The van der Waals surface area contributed by atoms with Gasteiger partial charge in [-0.15, -0.1) is 0 Å². The third-order valence-electron chi connectivity index (χ3n) is 4.41. The Morgan fingerprint density at radius 2 is 1.90 bits per heavy atom. The smallest absolute Gasteiger partial charge is 0.308 e. The van der Waals surface area contributed by atoms with Crippen LogP contribution in [0.3, 0.4) is 0 Å². The summed E-state index contributed by atoms with van der Waals surface area (Å²) in [7, 11) is -3.19. The van der Waals surface area contributed by atoms with Crippen LogP contribution < -0.4 is 0 Å². The van der Waals surface area contributed by atoms with E-state index in [1.807, 2.05) is 26.0 Å². The zero-order valence-corrected chi connectivity index (χ0v) is 13.3. The van der Waals surface area contributed by atoms with Crippen molar-refractivity contribution < 1.29 is 18.3 Å². The second-order valence-electron chi connectivity index (χ2n) is 5.73. The summed E-state index contributed by atoms with van der Waals surface area (Å²) in [5, 5.41) is 9.19. The number of hydrogen-bond donors (Lipinski definition) is 1. The molecular weight excluding hydrogens is 290 g/mol. The molecule has 116 valence electrons. The van der Waals surface area contributed by atoms with E-state index in [2.05, 4.69) is 4.90 Å². The van der Waals surface area contributed by atoms with Crippen molar-refractivity contribution in [3.8, 4) is 0 Å². The highest BCUT2D eigenvalue weighted by Gasteiger charge is 2.37. The summed E-state index contributed by atoms with van der Waals surface area (Å²) in [6.07, 6.45) is 1.84. The van der Waals surface area contributed by atoms with E-state index < -0.39 is 15.8 Å². The Kier molecular flexibility index (Phi) is 4.39. The molecule has 5 nitrogen and oxygen atoms in total. The van der Waals surface area contributed by atoms with Crippen molar-refractivity contribution in [2.45, 2.75) is 37.2 Å². The first-order valence-electron chi connectivity index (χ1n) is 7.00. The van der Waals surface area contributed by atoms with E-state index in [1.54, 1.807) is 12.1 Å². The van der Waals surface area contributed by atoms with Crippen molar-refractivity contribution in [2.75, 3.05) is 12.8 Å². The monoisotopic (exact) mass is 311 g/mol. The highest BCUT2D eigenvalue weighted by molar-refractivity contribution is 7.90. The van der Waals surface area contributed by atoms with E-state index in [9.17, 15) is 18.3 Å². The fourth-order valence-corrected chi connectivity index (χ4v) is 3.66. The number of benzene rings is 1. The quantitative estimate of drug-likeness (QED) is 0.920. The van der Waals surface area contributed by atoms with E-state index in [-0.39, 0.29) is 18.0 Å². The highest BCUT2D eigenvalue weighted by atomic mass is 32.2. The zero-order chi connectivity index (χ0) is 15.8. The highest BCUT2D eigenvalue weighted by Crippen LogP contribution is 2.32. The number of carboxylic acid groups (broad SMARTS) is 1. The number of rotatable bonds is 4. The average molecular weight is 311 g/mol. The molecule has 0 spiro atoms. The van der Waals surface area contributed by atoms with E-state index >= 15 is 0 Å². The molecule has 3 atom stereocenters. The first-order valence-corrected chi connectivity index (χ1v) is 8.89. The minimum absolute atomic E-state index is 0.0212. The zero-order valence-electron chi connectivity index (χ0n) is 12.5. The Bertz CT molecular complexity index is 624. The normalized spacial score (nSPS) is 24.9. The number of hydrogen-bond acceptors (Lipinski definition) is 4. The van der Waals surface area contributed by atoms with Crippen LogP contribution in [0, 0.1) is 5.92 Å². The van der Waals surface area contributed by atoms with Crippen LogP contribution in [0.4, 0.5) is 0 Å². The molecule has 3 unspecified atom stereocenters. The summed E-state index contributed by atoms with van der Waals surface area (Å²) in [4.78, 5) is 13.6. The summed E-state index contributed by atoms with van der Waals surface area (Å²) < 4.78 is 22.9. The molecule has 1 aromatic rings. The van der Waals surface area contributed by atoms with Gasteiger partial charge in [0.2, 0.25) is 0 Å². The molecule has 0 saturated carbocycles. The Morgan fingerprint density at radius 3 is 2.33 bits per heavy atom. The number of aliphatic carboxylic acids is 1. The molecule has 0 amide bonds. The van der Waals surface area contributed by atoms with Gasteiger partial charge in [0.15, 0.2) is 9.84 Å². The topological polar surface area (TPSA) is 74.7 Å². The summed E-state index contributed by atoms with van der Waals surface area (Å²) in [6, 6.07) is 6.88. The lowest BCUT2D eigenvalue weighted by Crippen LogP contribution is -2.34. The van der Waals surface area contributed by atoms with E-state index in [1.165, 1.54) is 6.26 Å². The molecule has 1 aromatic carbocycles. The molecule has 0 aromatic heterocycles. The summed E-state index contributed by atoms with van der Waals surface area (Å²) in [6.45, 7) is 4.70. The Labute approximate surface area is 125 Å². The maximum atomic E-state index is 11.5. The molecule has 0 aliphatic carbocycles. The largest absolute Gasteiger partial charge is 0.481 e. The fraction of sp³-hybridized carbons (Fsp3) is 0.533. The number of likely N-dealkylation sites (tertiary alicyclic amines) is 1. The van der Waals surface area contributed by atoms with Crippen LogP contribution in [0.25, 0.3) is 0 Å². The molecule has 1 N–H and O–H groups in total. The first-order chi connectivity index (χ1) is 9.71. The first kappa shape index (κ1) is 16.0. The Balaban J connectivity index is 2.17. The molecule has 1 heterocycles. The maximum Gasteiger partial charge on any atom is 0.308 e. The Hall–Kier alpha value is -1.40. The van der Waals surface area contributed by atoms with E-state index in [0.717, 1.165) is 12.1 Å². The lowest BCUT2D eigenvalue weighted by atomic mass is 10.0. The van der Waals surface area contributed by atoms with Crippen LogP contribution in [0.15, 0.2) is 29.2 Å². The molecule has 1 aliphatic rings. The van der Waals surface area contributed by atoms with E-state index in [4.69, 9.17) is 0 Å². The van der Waals surface area contributed by atoms with Crippen molar-refractivity contribution >= 4 is 15.8 Å². The molecule has 1 saturated heterocycles. The Morgan fingerprint density at radius 1 is 1.33 bits per heavy atom. The molecule has 1 aliphatic heterocycles. The number of carbonyl (C=O) groups is 1. The number of nitrogens with zero attached hydrogens (tertiary/aromatic N) is 1. The molecule has 6 heteroatoms. The van der Waals surface area contributed by atoms with Crippen molar-refractivity contribution in [1.82, 2.24) is 4.90 Å². The van der Waals surface area contributed by atoms with Crippen LogP contribution in [-0.4, -0.2) is 43.2 Å². The molecule has 1 fully saturated rings. The van der Waals surface area contributed by atoms with Gasteiger partial charge in [-0.3, -0.25) is 9.69 Å². The lowest BCUT2D eigenvalue weighted by Gasteiger charge is -2.30. The molecule has 2 rings (SSSR count). The van der Waals surface area contributed by atoms with Crippen LogP contribution in [-0.2, 0) is 14.6 Å².